The highest BCUT2D eigenvalue weighted by atomic mass is 16.5. The van der Waals surface area contributed by atoms with Gasteiger partial charge in [-0.1, -0.05) is 0 Å². The molecule has 0 saturated carbocycles. The van der Waals surface area contributed by atoms with E-state index in [9.17, 15) is 9.59 Å². The van der Waals surface area contributed by atoms with Gasteiger partial charge in [0.15, 0.2) is 0 Å². The molecule has 2 atom stereocenters. The topological polar surface area (TPSA) is 61.8 Å². The molecular formula is C10H12O5. The summed E-state index contributed by atoms with van der Waals surface area (Å²) in [5.74, 6) is -0.995. The first-order chi connectivity index (χ1) is 7.19. The largest absolute Gasteiger partial charge is 0.466 e. The number of ether oxygens (including phenoxy) is 3. The first kappa shape index (κ1) is 10.2. The summed E-state index contributed by atoms with van der Waals surface area (Å²) in [5, 5.41) is 0. The lowest BCUT2D eigenvalue weighted by Crippen LogP contribution is -2.23. The molecule has 2 heterocycles. The average molecular weight is 212 g/mol. The predicted molar refractivity (Wildman–Crippen MR) is 49.0 cm³/mol. The van der Waals surface area contributed by atoms with Crippen LogP contribution in [0.15, 0.2) is 11.1 Å². The fourth-order valence-electron chi connectivity index (χ4n) is 2.11. The second kappa shape index (κ2) is 3.66. The predicted octanol–water partition coefficient (Wildman–Crippen LogP) is 0.190. The quantitative estimate of drug-likeness (QED) is 0.611. The van der Waals surface area contributed by atoms with Crippen LogP contribution in [0.25, 0.3) is 0 Å². The Labute approximate surface area is 87.0 Å². The molecular weight excluding hydrogens is 200 g/mol. The minimum atomic E-state index is -0.498. The third-order valence-corrected chi connectivity index (χ3v) is 2.76. The van der Waals surface area contributed by atoms with Gasteiger partial charge in [-0.15, -0.1) is 0 Å². The maximum Gasteiger partial charge on any atom is 0.337 e. The molecule has 0 amide bonds. The van der Waals surface area contributed by atoms with Crippen molar-refractivity contribution in [1.29, 1.82) is 0 Å². The molecule has 5 heteroatoms. The van der Waals surface area contributed by atoms with Crippen LogP contribution in [-0.2, 0) is 23.8 Å². The van der Waals surface area contributed by atoms with E-state index in [0.717, 1.165) is 12.8 Å². The van der Waals surface area contributed by atoms with Crippen molar-refractivity contribution in [3.63, 3.8) is 0 Å². The van der Waals surface area contributed by atoms with E-state index in [-0.39, 0.29) is 12.2 Å². The van der Waals surface area contributed by atoms with Crippen molar-refractivity contribution in [2.75, 3.05) is 14.2 Å². The van der Waals surface area contributed by atoms with E-state index in [2.05, 4.69) is 9.47 Å². The lowest BCUT2D eigenvalue weighted by Gasteiger charge is -2.12. The second-order valence-electron chi connectivity index (χ2n) is 3.50. The smallest absolute Gasteiger partial charge is 0.337 e. The van der Waals surface area contributed by atoms with Gasteiger partial charge in [0.05, 0.1) is 37.6 Å². The van der Waals surface area contributed by atoms with Gasteiger partial charge < -0.3 is 14.2 Å². The highest BCUT2D eigenvalue weighted by Crippen LogP contribution is 2.40. The molecule has 0 aromatic carbocycles. The summed E-state index contributed by atoms with van der Waals surface area (Å²) < 4.78 is 14.7. The van der Waals surface area contributed by atoms with Crippen molar-refractivity contribution < 1.29 is 23.8 Å². The van der Waals surface area contributed by atoms with Gasteiger partial charge in [-0.2, -0.15) is 0 Å². The van der Waals surface area contributed by atoms with Gasteiger partial charge in [0.25, 0.3) is 0 Å². The summed E-state index contributed by atoms with van der Waals surface area (Å²) in [6.07, 6.45) is 0.929. The SMILES string of the molecule is COC(=O)C1=C(C(=O)OC)[C@@H]2CC[C@@H]1O2. The monoisotopic (exact) mass is 212 g/mol. The standard InChI is InChI=1S/C10H12O5/c1-13-9(11)7-5-3-4-6(15-5)8(7)10(12)14-2/h5-6H,3-4H2,1-2H3/t5-,6-/m0/s1. The van der Waals surface area contributed by atoms with E-state index in [4.69, 9.17) is 4.74 Å². The Hall–Kier alpha value is -1.36. The van der Waals surface area contributed by atoms with E-state index in [1.54, 1.807) is 0 Å². The molecule has 2 rings (SSSR count). The molecule has 2 bridgehead atoms. The molecule has 0 aliphatic carbocycles. The molecule has 1 saturated heterocycles. The molecule has 0 unspecified atom stereocenters. The van der Waals surface area contributed by atoms with E-state index in [1.807, 2.05) is 0 Å². The third kappa shape index (κ3) is 1.43. The Morgan fingerprint density at radius 2 is 1.47 bits per heavy atom. The number of carbonyl (C=O) groups is 2. The van der Waals surface area contributed by atoms with Crippen LogP contribution in [0.1, 0.15) is 12.8 Å². The minimum absolute atomic E-state index is 0.295. The van der Waals surface area contributed by atoms with Gasteiger partial charge in [0, 0.05) is 0 Å². The van der Waals surface area contributed by atoms with E-state index in [0.29, 0.717) is 11.1 Å². The summed E-state index contributed by atoms with van der Waals surface area (Å²) in [7, 11) is 2.58. The number of rotatable bonds is 2. The number of fused-ring (bicyclic) bond motifs is 2. The minimum Gasteiger partial charge on any atom is -0.466 e. The molecule has 15 heavy (non-hydrogen) atoms. The fourth-order valence-corrected chi connectivity index (χ4v) is 2.11. The van der Waals surface area contributed by atoms with Gasteiger partial charge in [0.1, 0.15) is 0 Å². The van der Waals surface area contributed by atoms with E-state index < -0.39 is 11.9 Å². The zero-order valence-corrected chi connectivity index (χ0v) is 8.61. The molecule has 1 fully saturated rings. The Balaban J connectivity index is 2.39. The Kier molecular flexibility index (Phi) is 2.48. The van der Waals surface area contributed by atoms with Gasteiger partial charge in [-0.25, -0.2) is 9.59 Å². The van der Waals surface area contributed by atoms with Crippen LogP contribution in [0.3, 0.4) is 0 Å². The van der Waals surface area contributed by atoms with Crippen LogP contribution >= 0.6 is 0 Å². The molecule has 0 aromatic heterocycles. The van der Waals surface area contributed by atoms with Crippen LogP contribution in [0.5, 0.6) is 0 Å². The normalized spacial score (nSPS) is 28.1. The highest BCUT2D eigenvalue weighted by molar-refractivity contribution is 6.03. The van der Waals surface area contributed by atoms with Gasteiger partial charge >= 0.3 is 11.9 Å². The number of methoxy groups -OCH3 is 2. The Morgan fingerprint density at radius 3 is 1.80 bits per heavy atom. The first-order valence-electron chi connectivity index (χ1n) is 4.75. The zero-order valence-electron chi connectivity index (χ0n) is 8.61. The maximum absolute atomic E-state index is 11.5. The van der Waals surface area contributed by atoms with Crippen molar-refractivity contribution in [2.24, 2.45) is 0 Å². The van der Waals surface area contributed by atoms with E-state index in [1.165, 1.54) is 14.2 Å². The maximum atomic E-state index is 11.5. The molecule has 0 N–H and O–H groups in total. The summed E-state index contributed by atoms with van der Waals surface area (Å²) in [5.41, 5.74) is 0.668. The van der Waals surface area contributed by atoms with Crippen LogP contribution in [0.2, 0.25) is 0 Å². The number of hydrogen-bond acceptors (Lipinski definition) is 5. The highest BCUT2D eigenvalue weighted by Gasteiger charge is 2.46. The molecule has 2 aliphatic heterocycles. The average Bonchev–Trinajstić information content (AvgIpc) is 2.86. The summed E-state index contributed by atoms with van der Waals surface area (Å²) in [6.45, 7) is 0. The molecule has 2 aliphatic rings. The summed E-state index contributed by atoms with van der Waals surface area (Å²) >= 11 is 0. The molecule has 0 aromatic rings. The summed E-state index contributed by atoms with van der Waals surface area (Å²) in [4.78, 5) is 22.9. The number of hydrogen-bond donors (Lipinski definition) is 0. The Bertz CT molecular complexity index is 312. The van der Waals surface area contributed by atoms with Crippen molar-refractivity contribution in [2.45, 2.75) is 25.0 Å². The van der Waals surface area contributed by atoms with Crippen LogP contribution in [0.4, 0.5) is 0 Å². The number of carbonyl (C=O) groups excluding carboxylic acids is 2. The number of esters is 2. The first-order valence-corrected chi connectivity index (χ1v) is 4.75. The fraction of sp³-hybridized carbons (Fsp3) is 0.600. The van der Waals surface area contributed by atoms with Gasteiger partial charge in [-0.3, -0.25) is 0 Å². The van der Waals surface area contributed by atoms with Crippen molar-refractivity contribution in [1.82, 2.24) is 0 Å². The van der Waals surface area contributed by atoms with Crippen LogP contribution in [-0.4, -0.2) is 38.4 Å². The molecule has 5 nitrogen and oxygen atoms in total. The second-order valence-corrected chi connectivity index (χ2v) is 3.50. The van der Waals surface area contributed by atoms with Gasteiger partial charge in [0.2, 0.25) is 0 Å². The van der Waals surface area contributed by atoms with Crippen molar-refractivity contribution >= 4 is 11.9 Å². The van der Waals surface area contributed by atoms with E-state index >= 15 is 0 Å². The third-order valence-electron chi connectivity index (χ3n) is 2.76. The van der Waals surface area contributed by atoms with Crippen molar-refractivity contribution in [3.05, 3.63) is 11.1 Å². The van der Waals surface area contributed by atoms with Crippen LogP contribution in [0, 0.1) is 0 Å². The Morgan fingerprint density at radius 1 is 1.07 bits per heavy atom. The summed E-state index contributed by atoms with van der Waals surface area (Å²) in [6, 6.07) is 0. The molecule has 0 radical (unpaired) electrons. The lowest BCUT2D eigenvalue weighted by atomic mass is 9.92. The van der Waals surface area contributed by atoms with Crippen LogP contribution < -0.4 is 0 Å². The molecule has 0 spiro atoms. The van der Waals surface area contributed by atoms with Crippen molar-refractivity contribution in [3.8, 4) is 0 Å². The lowest BCUT2D eigenvalue weighted by molar-refractivity contribution is -0.139. The molecule has 82 valence electrons. The zero-order chi connectivity index (χ0) is 11.0. The van der Waals surface area contributed by atoms with Gasteiger partial charge in [-0.05, 0) is 12.8 Å².